The van der Waals surface area contributed by atoms with Gasteiger partial charge in [-0.05, 0) is 12.1 Å². The Morgan fingerprint density at radius 3 is 2.74 bits per heavy atom. The SMILES string of the molecule is N[C@@H]1CC(c2ccccc2Cl)Oc2cc(F)ccc21. The predicted octanol–water partition coefficient (Wildman–Crippen LogP) is 4.00. The molecule has 4 heteroatoms. The van der Waals surface area contributed by atoms with E-state index in [2.05, 4.69) is 0 Å². The Hall–Kier alpha value is -1.58. The lowest BCUT2D eigenvalue weighted by atomic mass is 9.93. The smallest absolute Gasteiger partial charge is 0.127 e. The zero-order valence-corrected chi connectivity index (χ0v) is 10.9. The van der Waals surface area contributed by atoms with Gasteiger partial charge in [0.25, 0.3) is 0 Å². The van der Waals surface area contributed by atoms with Gasteiger partial charge in [0.1, 0.15) is 17.7 Å². The van der Waals surface area contributed by atoms with E-state index in [0.717, 1.165) is 11.1 Å². The molecule has 2 N–H and O–H groups in total. The van der Waals surface area contributed by atoms with Crippen molar-refractivity contribution in [1.82, 2.24) is 0 Å². The minimum absolute atomic E-state index is 0.175. The van der Waals surface area contributed by atoms with Crippen LogP contribution in [0, 0.1) is 5.82 Å². The highest BCUT2D eigenvalue weighted by Gasteiger charge is 2.28. The number of halogens is 2. The van der Waals surface area contributed by atoms with E-state index in [1.807, 2.05) is 24.3 Å². The van der Waals surface area contributed by atoms with Gasteiger partial charge >= 0.3 is 0 Å². The fourth-order valence-electron chi connectivity index (χ4n) is 2.40. The quantitative estimate of drug-likeness (QED) is 0.855. The van der Waals surface area contributed by atoms with Crippen molar-refractivity contribution in [3.63, 3.8) is 0 Å². The highest BCUT2D eigenvalue weighted by atomic mass is 35.5. The van der Waals surface area contributed by atoms with Crippen LogP contribution in [-0.4, -0.2) is 0 Å². The second-order valence-electron chi connectivity index (χ2n) is 4.65. The van der Waals surface area contributed by atoms with E-state index in [1.165, 1.54) is 12.1 Å². The molecule has 0 aliphatic carbocycles. The highest BCUT2D eigenvalue weighted by molar-refractivity contribution is 6.31. The topological polar surface area (TPSA) is 35.2 Å². The van der Waals surface area contributed by atoms with E-state index < -0.39 is 0 Å². The minimum Gasteiger partial charge on any atom is -0.485 e. The standard InChI is InChI=1S/C15H13ClFNO/c16-12-4-2-1-3-10(12)15-8-13(18)11-6-5-9(17)7-14(11)19-15/h1-7,13,15H,8,18H2/t13-,15?/m1/s1. The van der Waals surface area contributed by atoms with Crippen LogP contribution in [0.5, 0.6) is 5.75 Å². The molecule has 2 aromatic rings. The summed E-state index contributed by atoms with van der Waals surface area (Å²) in [5, 5.41) is 0.638. The van der Waals surface area contributed by atoms with Gasteiger partial charge in [-0.2, -0.15) is 0 Å². The summed E-state index contributed by atoms with van der Waals surface area (Å²) in [5.41, 5.74) is 7.85. The average Bonchev–Trinajstić information content (AvgIpc) is 2.38. The molecule has 0 bridgehead atoms. The Morgan fingerprint density at radius 2 is 1.95 bits per heavy atom. The summed E-state index contributed by atoms with van der Waals surface area (Å²) in [6.07, 6.45) is 0.389. The summed E-state index contributed by atoms with van der Waals surface area (Å²) in [6, 6.07) is 11.8. The Labute approximate surface area is 115 Å². The zero-order chi connectivity index (χ0) is 13.4. The summed E-state index contributed by atoms with van der Waals surface area (Å²) in [7, 11) is 0. The van der Waals surface area contributed by atoms with Gasteiger partial charge in [0.05, 0.1) is 0 Å². The summed E-state index contributed by atoms with van der Waals surface area (Å²) >= 11 is 6.17. The summed E-state index contributed by atoms with van der Waals surface area (Å²) in [4.78, 5) is 0. The maximum atomic E-state index is 13.3. The highest BCUT2D eigenvalue weighted by Crippen LogP contribution is 2.41. The van der Waals surface area contributed by atoms with Crippen LogP contribution >= 0.6 is 11.6 Å². The molecule has 2 nitrogen and oxygen atoms in total. The van der Waals surface area contributed by atoms with Crippen LogP contribution in [-0.2, 0) is 0 Å². The molecule has 1 aliphatic heterocycles. The molecule has 0 amide bonds. The zero-order valence-electron chi connectivity index (χ0n) is 10.1. The molecule has 98 valence electrons. The number of ether oxygens (including phenoxy) is 1. The largest absolute Gasteiger partial charge is 0.485 e. The monoisotopic (exact) mass is 277 g/mol. The second kappa shape index (κ2) is 4.83. The number of hydrogen-bond acceptors (Lipinski definition) is 2. The first-order chi connectivity index (χ1) is 9.15. The molecule has 0 spiro atoms. The summed E-state index contributed by atoms with van der Waals surface area (Å²) < 4.78 is 19.1. The van der Waals surface area contributed by atoms with Crippen LogP contribution in [0.2, 0.25) is 5.02 Å². The fourth-order valence-corrected chi connectivity index (χ4v) is 2.66. The van der Waals surface area contributed by atoms with Gasteiger partial charge in [-0.3, -0.25) is 0 Å². The van der Waals surface area contributed by atoms with Gasteiger partial charge in [-0.15, -0.1) is 0 Å². The van der Waals surface area contributed by atoms with Crippen molar-refractivity contribution in [2.75, 3.05) is 0 Å². The maximum Gasteiger partial charge on any atom is 0.127 e. The fraction of sp³-hybridized carbons (Fsp3) is 0.200. The van der Waals surface area contributed by atoms with Crippen molar-refractivity contribution in [1.29, 1.82) is 0 Å². The molecule has 2 atom stereocenters. The number of nitrogens with two attached hydrogens (primary N) is 1. The molecule has 1 unspecified atom stereocenters. The van der Waals surface area contributed by atoms with E-state index in [4.69, 9.17) is 22.1 Å². The molecule has 2 aromatic carbocycles. The first-order valence-electron chi connectivity index (χ1n) is 6.11. The van der Waals surface area contributed by atoms with Crippen LogP contribution in [0.1, 0.15) is 29.7 Å². The van der Waals surface area contributed by atoms with Gasteiger partial charge < -0.3 is 10.5 Å². The van der Waals surface area contributed by atoms with Gasteiger partial charge in [-0.1, -0.05) is 35.9 Å². The van der Waals surface area contributed by atoms with E-state index >= 15 is 0 Å². The molecule has 0 saturated heterocycles. The van der Waals surface area contributed by atoms with Crippen molar-refractivity contribution in [3.05, 3.63) is 64.4 Å². The van der Waals surface area contributed by atoms with Gasteiger partial charge in [0, 0.05) is 34.7 Å². The van der Waals surface area contributed by atoms with Gasteiger partial charge in [0.15, 0.2) is 0 Å². The lowest BCUT2D eigenvalue weighted by molar-refractivity contribution is 0.161. The molecular formula is C15H13ClFNO. The van der Waals surface area contributed by atoms with Crippen molar-refractivity contribution < 1.29 is 9.13 Å². The molecule has 1 aliphatic rings. The summed E-state index contributed by atoms with van der Waals surface area (Å²) in [5.74, 6) is 0.175. The first-order valence-corrected chi connectivity index (χ1v) is 6.49. The molecule has 0 saturated carbocycles. The summed E-state index contributed by atoms with van der Waals surface area (Å²) in [6.45, 7) is 0. The Bertz CT molecular complexity index is 617. The molecule has 1 heterocycles. The molecular weight excluding hydrogens is 265 g/mol. The van der Waals surface area contributed by atoms with Crippen molar-refractivity contribution in [2.45, 2.75) is 18.6 Å². The lowest BCUT2D eigenvalue weighted by Crippen LogP contribution is -2.24. The van der Waals surface area contributed by atoms with Gasteiger partial charge in [-0.25, -0.2) is 4.39 Å². The van der Waals surface area contributed by atoms with Crippen LogP contribution in [0.25, 0.3) is 0 Å². The molecule has 19 heavy (non-hydrogen) atoms. The van der Waals surface area contributed by atoms with Crippen LogP contribution in [0.4, 0.5) is 4.39 Å². The average molecular weight is 278 g/mol. The van der Waals surface area contributed by atoms with Crippen molar-refractivity contribution in [3.8, 4) is 5.75 Å². The molecule has 3 rings (SSSR count). The van der Waals surface area contributed by atoms with E-state index in [9.17, 15) is 4.39 Å². The third-order valence-corrected chi connectivity index (χ3v) is 3.71. The molecule has 0 aromatic heterocycles. The van der Waals surface area contributed by atoms with E-state index in [1.54, 1.807) is 6.07 Å². The normalized spacial score (nSPS) is 21.6. The van der Waals surface area contributed by atoms with Crippen LogP contribution in [0.3, 0.4) is 0 Å². The molecule has 0 fully saturated rings. The predicted molar refractivity (Wildman–Crippen MR) is 72.8 cm³/mol. The minimum atomic E-state index is -0.328. The van der Waals surface area contributed by atoms with Gasteiger partial charge in [0.2, 0.25) is 0 Å². The van der Waals surface area contributed by atoms with Crippen LogP contribution < -0.4 is 10.5 Å². The number of hydrogen-bond donors (Lipinski definition) is 1. The van der Waals surface area contributed by atoms with Crippen molar-refractivity contribution in [2.24, 2.45) is 5.73 Å². The Balaban J connectivity index is 1.99. The van der Waals surface area contributed by atoms with Crippen molar-refractivity contribution >= 4 is 11.6 Å². The lowest BCUT2D eigenvalue weighted by Gasteiger charge is -2.31. The van der Waals surface area contributed by atoms with E-state index in [-0.39, 0.29) is 18.0 Å². The second-order valence-corrected chi connectivity index (χ2v) is 5.06. The number of benzene rings is 2. The Kier molecular flexibility index (Phi) is 3.17. The Morgan fingerprint density at radius 1 is 1.16 bits per heavy atom. The number of fused-ring (bicyclic) bond motifs is 1. The third-order valence-electron chi connectivity index (χ3n) is 3.36. The maximum absolute atomic E-state index is 13.3. The van der Waals surface area contributed by atoms with Crippen LogP contribution in [0.15, 0.2) is 42.5 Å². The molecule has 0 radical (unpaired) electrons. The number of rotatable bonds is 1. The van der Waals surface area contributed by atoms with E-state index in [0.29, 0.717) is 17.2 Å². The first kappa shape index (κ1) is 12.5. The third kappa shape index (κ3) is 2.31.